The molecule has 23 heavy (non-hydrogen) atoms. The predicted molar refractivity (Wildman–Crippen MR) is 89.5 cm³/mol. The number of sulfonamides is 1. The molecule has 0 heterocycles. The maximum Gasteiger partial charge on any atom is 0.335 e. The molecule has 122 valence electrons. The van der Waals surface area contributed by atoms with Gasteiger partial charge in [-0.05, 0) is 55.2 Å². The van der Waals surface area contributed by atoms with Crippen molar-refractivity contribution in [2.45, 2.75) is 32.1 Å². The first-order valence-electron chi connectivity index (χ1n) is 7.21. The summed E-state index contributed by atoms with van der Waals surface area (Å²) >= 11 is 0. The summed E-state index contributed by atoms with van der Waals surface area (Å²) in [5.41, 5.74) is 2.75. The molecule has 5 nitrogen and oxygen atoms in total. The van der Waals surface area contributed by atoms with Crippen LogP contribution in [0.2, 0.25) is 0 Å². The first-order chi connectivity index (χ1) is 10.7. The molecular weight excluding hydrogens is 314 g/mol. The molecule has 0 saturated carbocycles. The molecule has 2 N–H and O–H groups in total. The third-order valence-corrected chi connectivity index (χ3v) is 5.07. The van der Waals surface area contributed by atoms with Crippen LogP contribution in [0.25, 0.3) is 0 Å². The van der Waals surface area contributed by atoms with Gasteiger partial charge in [0, 0.05) is 0 Å². The van der Waals surface area contributed by atoms with E-state index in [0.29, 0.717) is 17.7 Å². The number of aryl methyl sites for hydroxylation is 3. The maximum absolute atomic E-state index is 12.7. The van der Waals surface area contributed by atoms with Gasteiger partial charge in [-0.1, -0.05) is 25.1 Å². The summed E-state index contributed by atoms with van der Waals surface area (Å²) in [5, 5.41) is 9.09. The fourth-order valence-corrected chi connectivity index (χ4v) is 3.73. The molecule has 0 saturated heterocycles. The molecule has 0 bridgehead atoms. The Morgan fingerprint density at radius 3 is 2.43 bits per heavy atom. The molecule has 6 heteroatoms. The average molecular weight is 333 g/mol. The minimum Gasteiger partial charge on any atom is -0.478 e. The third kappa shape index (κ3) is 3.71. The summed E-state index contributed by atoms with van der Waals surface area (Å²) in [6, 6.07) is 9.64. The van der Waals surface area contributed by atoms with Crippen LogP contribution >= 0.6 is 0 Å². The summed E-state index contributed by atoms with van der Waals surface area (Å²) in [4.78, 5) is 11.1. The molecule has 0 spiro atoms. The molecule has 0 atom stereocenters. The molecule has 0 aromatic heterocycles. The van der Waals surface area contributed by atoms with Crippen LogP contribution in [0.1, 0.15) is 34.0 Å². The van der Waals surface area contributed by atoms with Crippen LogP contribution in [0.4, 0.5) is 5.69 Å². The minimum atomic E-state index is -3.86. The monoisotopic (exact) mass is 333 g/mol. The Morgan fingerprint density at radius 2 is 1.83 bits per heavy atom. The van der Waals surface area contributed by atoms with Gasteiger partial charge in [0.1, 0.15) is 0 Å². The van der Waals surface area contributed by atoms with Gasteiger partial charge >= 0.3 is 5.97 Å². The Labute approximate surface area is 136 Å². The van der Waals surface area contributed by atoms with Crippen LogP contribution < -0.4 is 4.72 Å². The van der Waals surface area contributed by atoms with E-state index in [1.54, 1.807) is 12.1 Å². The number of benzene rings is 2. The van der Waals surface area contributed by atoms with Crippen molar-refractivity contribution in [2.75, 3.05) is 4.72 Å². The lowest BCUT2D eigenvalue weighted by Gasteiger charge is -2.14. The number of carboxylic acid groups (broad SMARTS) is 1. The smallest absolute Gasteiger partial charge is 0.335 e. The van der Waals surface area contributed by atoms with Crippen molar-refractivity contribution in [3.63, 3.8) is 0 Å². The van der Waals surface area contributed by atoms with Crippen LogP contribution in [0.3, 0.4) is 0 Å². The van der Waals surface area contributed by atoms with Gasteiger partial charge in [0.15, 0.2) is 0 Å². The molecule has 2 aromatic rings. The molecule has 0 aliphatic carbocycles. The van der Waals surface area contributed by atoms with Gasteiger partial charge in [-0.3, -0.25) is 4.72 Å². The molecule has 0 unspecified atom stereocenters. The highest BCUT2D eigenvalue weighted by atomic mass is 32.2. The van der Waals surface area contributed by atoms with E-state index >= 15 is 0 Å². The second-order valence-electron chi connectivity index (χ2n) is 5.41. The molecule has 0 aliphatic heterocycles. The zero-order valence-electron chi connectivity index (χ0n) is 13.3. The highest BCUT2D eigenvalue weighted by Crippen LogP contribution is 2.24. The van der Waals surface area contributed by atoms with Crippen LogP contribution in [0.5, 0.6) is 0 Å². The zero-order chi connectivity index (χ0) is 17.2. The molecular formula is C17H19NO4S. The number of anilines is 1. The highest BCUT2D eigenvalue weighted by Gasteiger charge is 2.21. The fraction of sp³-hybridized carbons (Fsp3) is 0.235. The van der Waals surface area contributed by atoms with E-state index in [2.05, 4.69) is 4.72 Å². The van der Waals surface area contributed by atoms with Gasteiger partial charge < -0.3 is 5.11 Å². The first kappa shape index (κ1) is 17.0. The number of rotatable bonds is 5. The minimum absolute atomic E-state index is 0.000746. The normalized spacial score (nSPS) is 11.3. The summed E-state index contributed by atoms with van der Waals surface area (Å²) in [7, 11) is -3.86. The summed E-state index contributed by atoms with van der Waals surface area (Å²) < 4.78 is 28.0. The fourth-order valence-electron chi connectivity index (χ4n) is 2.28. The van der Waals surface area contributed by atoms with E-state index in [1.807, 2.05) is 32.9 Å². The largest absolute Gasteiger partial charge is 0.478 e. The van der Waals surface area contributed by atoms with Gasteiger partial charge in [-0.2, -0.15) is 0 Å². The van der Waals surface area contributed by atoms with E-state index in [0.717, 1.165) is 11.1 Å². The van der Waals surface area contributed by atoms with Crippen molar-refractivity contribution in [2.24, 2.45) is 0 Å². The number of aromatic carboxylic acids is 1. The van der Waals surface area contributed by atoms with Gasteiger partial charge in [-0.25, -0.2) is 13.2 Å². The molecule has 0 aliphatic rings. The van der Waals surface area contributed by atoms with Crippen molar-refractivity contribution >= 4 is 21.7 Å². The molecule has 2 rings (SSSR count). The van der Waals surface area contributed by atoms with Gasteiger partial charge in [0.2, 0.25) is 0 Å². The lowest BCUT2D eigenvalue weighted by atomic mass is 10.1. The van der Waals surface area contributed by atoms with Crippen molar-refractivity contribution < 1.29 is 18.3 Å². The Bertz CT molecular complexity index is 857. The van der Waals surface area contributed by atoms with Crippen LogP contribution in [-0.2, 0) is 16.4 Å². The Balaban J connectivity index is 2.52. The molecule has 2 aromatic carbocycles. The Hall–Kier alpha value is -2.34. The Kier molecular flexibility index (Phi) is 4.75. The van der Waals surface area contributed by atoms with Crippen molar-refractivity contribution in [1.29, 1.82) is 0 Å². The van der Waals surface area contributed by atoms with Gasteiger partial charge in [0.25, 0.3) is 10.0 Å². The van der Waals surface area contributed by atoms with Crippen molar-refractivity contribution in [3.8, 4) is 0 Å². The van der Waals surface area contributed by atoms with E-state index in [1.165, 1.54) is 12.1 Å². The number of carbonyl (C=O) groups is 1. The average Bonchev–Trinajstić information content (AvgIpc) is 2.50. The topological polar surface area (TPSA) is 83.5 Å². The summed E-state index contributed by atoms with van der Waals surface area (Å²) in [6.45, 7) is 5.51. The lowest BCUT2D eigenvalue weighted by Crippen LogP contribution is -2.16. The standard InChI is InChI=1S/C17H19NO4S/c1-4-13-7-8-14(17(19)20)10-16(13)23(21,22)18-15-9-11(2)5-6-12(15)3/h5-10,18H,4H2,1-3H3,(H,19,20). The number of nitrogens with one attached hydrogen (secondary N) is 1. The quantitative estimate of drug-likeness (QED) is 0.879. The van der Waals surface area contributed by atoms with Crippen LogP contribution in [-0.4, -0.2) is 19.5 Å². The van der Waals surface area contributed by atoms with E-state index in [-0.39, 0.29) is 10.5 Å². The highest BCUT2D eigenvalue weighted by molar-refractivity contribution is 7.92. The SMILES string of the molecule is CCc1ccc(C(=O)O)cc1S(=O)(=O)Nc1cc(C)ccc1C. The second-order valence-corrected chi connectivity index (χ2v) is 7.06. The summed E-state index contributed by atoms with van der Waals surface area (Å²) in [5.74, 6) is -1.16. The number of hydrogen-bond acceptors (Lipinski definition) is 3. The summed E-state index contributed by atoms with van der Waals surface area (Å²) in [6.07, 6.45) is 0.489. The Morgan fingerprint density at radius 1 is 1.13 bits per heavy atom. The molecule has 0 fully saturated rings. The van der Waals surface area contributed by atoms with Gasteiger partial charge in [0.05, 0.1) is 16.1 Å². The predicted octanol–water partition coefficient (Wildman–Crippen LogP) is 3.36. The van der Waals surface area contributed by atoms with E-state index < -0.39 is 16.0 Å². The number of hydrogen-bond donors (Lipinski definition) is 2. The van der Waals surface area contributed by atoms with E-state index in [4.69, 9.17) is 5.11 Å². The zero-order valence-corrected chi connectivity index (χ0v) is 14.1. The van der Waals surface area contributed by atoms with Gasteiger partial charge in [-0.15, -0.1) is 0 Å². The molecule has 0 radical (unpaired) electrons. The maximum atomic E-state index is 12.7. The lowest BCUT2D eigenvalue weighted by molar-refractivity contribution is 0.0696. The third-order valence-electron chi connectivity index (χ3n) is 3.62. The number of carboxylic acids is 1. The van der Waals surface area contributed by atoms with Crippen molar-refractivity contribution in [3.05, 3.63) is 58.7 Å². The first-order valence-corrected chi connectivity index (χ1v) is 8.69. The van der Waals surface area contributed by atoms with Crippen molar-refractivity contribution in [1.82, 2.24) is 0 Å². The van der Waals surface area contributed by atoms with E-state index in [9.17, 15) is 13.2 Å². The van der Waals surface area contributed by atoms with Crippen LogP contribution in [0, 0.1) is 13.8 Å². The van der Waals surface area contributed by atoms with Crippen LogP contribution in [0.15, 0.2) is 41.3 Å². The molecule has 0 amide bonds. The second kappa shape index (κ2) is 6.42.